The molecule has 15 heavy (non-hydrogen) atoms. The molecular formula is C12H13Br2Cl. The summed E-state index contributed by atoms with van der Waals surface area (Å²) in [6.07, 6.45) is 2.91. The Labute approximate surface area is 112 Å². The number of rotatable bonds is 0. The molecule has 0 N–H and O–H groups in total. The van der Waals surface area contributed by atoms with Crippen molar-refractivity contribution in [2.24, 2.45) is 41.4 Å². The van der Waals surface area contributed by atoms with Crippen molar-refractivity contribution < 1.29 is 0 Å². The van der Waals surface area contributed by atoms with Crippen LogP contribution in [0.2, 0.25) is 0 Å². The van der Waals surface area contributed by atoms with Crippen LogP contribution in [0.1, 0.15) is 12.8 Å². The van der Waals surface area contributed by atoms with Crippen molar-refractivity contribution >= 4 is 43.5 Å². The Balaban J connectivity index is 1.85. The second-order valence-corrected chi connectivity index (χ2v) is 9.12. The van der Waals surface area contributed by atoms with Gasteiger partial charge in [-0.3, -0.25) is 0 Å². The maximum absolute atomic E-state index is 7.08. The molecule has 0 aromatic rings. The molecule has 6 aliphatic rings. The summed E-state index contributed by atoms with van der Waals surface area (Å²) in [6, 6.07) is 0. The van der Waals surface area contributed by atoms with E-state index in [0.717, 1.165) is 46.3 Å². The molecule has 0 radical (unpaired) electrons. The van der Waals surface area contributed by atoms with Crippen LogP contribution in [0.5, 0.6) is 0 Å². The molecule has 6 saturated carbocycles. The van der Waals surface area contributed by atoms with Crippen LogP contribution in [0.3, 0.4) is 0 Å². The number of hydrogen-bond donors (Lipinski definition) is 0. The number of halogens is 3. The summed E-state index contributed by atoms with van der Waals surface area (Å²) < 4.78 is 0. The topological polar surface area (TPSA) is 0 Å². The number of hydrogen-bond acceptors (Lipinski definition) is 0. The first-order valence-electron chi connectivity index (χ1n) is 6.12. The first-order chi connectivity index (χ1) is 7.15. The summed E-state index contributed by atoms with van der Waals surface area (Å²) in [4.78, 5) is 1.46. The largest absolute Gasteiger partial charge is 0.117 e. The summed E-state index contributed by atoms with van der Waals surface area (Å²) in [5.41, 5.74) is 0. The molecular weight excluding hydrogens is 339 g/mol. The second kappa shape index (κ2) is 2.36. The minimum Gasteiger partial charge on any atom is -0.117 e. The van der Waals surface area contributed by atoms with E-state index in [4.69, 9.17) is 11.6 Å². The van der Waals surface area contributed by atoms with Crippen LogP contribution in [0.15, 0.2) is 0 Å². The second-order valence-electron chi connectivity index (χ2n) is 6.42. The Kier molecular flexibility index (Phi) is 1.45. The minimum atomic E-state index is 0.121. The highest BCUT2D eigenvalue weighted by Crippen LogP contribution is 2.82. The smallest absolute Gasteiger partial charge is 0.0646 e. The van der Waals surface area contributed by atoms with Crippen molar-refractivity contribution in [3.63, 3.8) is 0 Å². The van der Waals surface area contributed by atoms with Gasteiger partial charge in [-0.05, 0) is 54.3 Å². The van der Waals surface area contributed by atoms with Gasteiger partial charge in [-0.2, -0.15) is 0 Å². The van der Waals surface area contributed by atoms with Crippen molar-refractivity contribution in [3.8, 4) is 0 Å². The van der Waals surface area contributed by atoms with Gasteiger partial charge in [0, 0.05) is 9.65 Å². The van der Waals surface area contributed by atoms with Crippen LogP contribution >= 0.6 is 43.5 Å². The normalized spacial score (nSPS) is 81.4. The summed E-state index contributed by atoms with van der Waals surface area (Å²) in [6.45, 7) is 0. The van der Waals surface area contributed by atoms with Crippen LogP contribution in [-0.4, -0.2) is 14.5 Å². The maximum atomic E-state index is 7.08. The molecule has 0 aliphatic heterocycles. The molecule has 10 atom stereocenters. The lowest BCUT2D eigenvalue weighted by atomic mass is 9.64. The van der Waals surface area contributed by atoms with E-state index < -0.39 is 0 Å². The molecule has 0 aromatic heterocycles. The summed E-state index contributed by atoms with van der Waals surface area (Å²) in [7, 11) is 0. The third-order valence-electron chi connectivity index (χ3n) is 6.56. The van der Waals surface area contributed by atoms with Gasteiger partial charge in [0.15, 0.2) is 0 Å². The average Bonchev–Trinajstić information content (AvgIpc) is 2.80. The van der Waals surface area contributed by atoms with Gasteiger partial charge in [-0.1, -0.05) is 31.9 Å². The van der Waals surface area contributed by atoms with E-state index in [2.05, 4.69) is 31.9 Å². The molecule has 7 unspecified atom stereocenters. The lowest BCUT2D eigenvalue weighted by Gasteiger charge is -2.52. The first-order valence-corrected chi connectivity index (χ1v) is 8.33. The van der Waals surface area contributed by atoms with Crippen LogP contribution in [0, 0.1) is 41.4 Å². The van der Waals surface area contributed by atoms with Gasteiger partial charge < -0.3 is 0 Å². The average molecular weight is 352 g/mol. The zero-order valence-corrected chi connectivity index (χ0v) is 12.2. The van der Waals surface area contributed by atoms with E-state index in [1.807, 2.05) is 0 Å². The van der Waals surface area contributed by atoms with Gasteiger partial charge in [0.2, 0.25) is 0 Å². The Morgan fingerprint density at radius 3 is 2.60 bits per heavy atom. The Hall–Kier alpha value is 1.25. The van der Waals surface area contributed by atoms with Gasteiger partial charge in [0.25, 0.3) is 0 Å². The third-order valence-corrected chi connectivity index (χ3v) is 10.2. The lowest BCUT2D eigenvalue weighted by molar-refractivity contribution is 0.127. The highest BCUT2D eigenvalue weighted by Gasteiger charge is 2.82. The highest BCUT2D eigenvalue weighted by atomic mass is 79.9. The van der Waals surface area contributed by atoms with Gasteiger partial charge >= 0.3 is 0 Å². The fraction of sp³-hybridized carbons (Fsp3) is 1.00. The van der Waals surface area contributed by atoms with E-state index in [1.165, 1.54) is 12.8 Å². The summed E-state index contributed by atoms with van der Waals surface area (Å²) in [5, 5.41) is 0. The van der Waals surface area contributed by atoms with Crippen molar-refractivity contribution in [2.45, 2.75) is 27.4 Å². The molecule has 0 spiro atoms. The zero-order chi connectivity index (χ0) is 10.1. The highest BCUT2D eigenvalue weighted by molar-refractivity contribution is 9.10. The SMILES string of the molecule is Cl[C@@]12C3CC4C5C3CC(C5[C@H](Br)C41)[C@H]2Br. The Morgan fingerprint density at radius 2 is 1.80 bits per heavy atom. The molecule has 6 rings (SSSR count). The van der Waals surface area contributed by atoms with Gasteiger partial charge in [0.1, 0.15) is 0 Å². The van der Waals surface area contributed by atoms with E-state index in [-0.39, 0.29) is 4.87 Å². The molecule has 7 bridgehead atoms. The van der Waals surface area contributed by atoms with Crippen molar-refractivity contribution in [3.05, 3.63) is 0 Å². The quantitative estimate of drug-likeness (QED) is 0.584. The predicted octanol–water partition coefficient (Wildman–Crippen LogP) is 3.65. The van der Waals surface area contributed by atoms with Gasteiger partial charge in [-0.25, -0.2) is 0 Å². The van der Waals surface area contributed by atoms with E-state index in [1.54, 1.807) is 0 Å². The van der Waals surface area contributed by atoms with Crippen molar-refractivity contribution in [1.82, 2.24) is 0 Å². The molecule has 0 amide bonds. The molecule has 6 fully saturated rings. The molecule has 6 aliphatic carbocycles. The first kappa shape index (κ1) is 9.22. The van der Waals surface area contributed by atoms with Crippen molar-refractivity contribution in [2.75, 3.05) is 0 Å². The summed E-state index contributed by atoms with van der Waals surface area (Å²) in [5.74, 6) is 6.45. The molecule has 3 heteroatoms. The Morgan fingerprint density at radius 1 is 1.00 bits per heavy atom. The maximum Gasteiger partial charge on any atom is 0.0646 e. The standard InChI is InChI=1S/C12H13Br2Cl/c13-10-8-5-1-3-6-2-4(7(3)8)9(10)12(6,15)11(5)14/h3-11H,1-2H2/t3?,4?,5?,6?,7?,8?,9?,10-,11+,12-/m0/s1. The Bertz CT molecular complexity index is 373. The fourth-order valence-corrected chi connectivity index (χ4v) is 10.2. The van der Waals surface area contributed by atoms with Crippen molar-refractivity contribution in [1.29, 1.82) is 0 Å². The zero-order valence-electron chi connectivity index (χ0n) is 8.24. The van der Waals surface area contributed by atoms with Gasteiger partial charge in [-0.15, -0.1) is 11.6 Å². The van der Waals surface area contributed by atoms with E-state index in [0.29, 0.717) is 4.83 Å². The van der Waals surface area contributed by atoms with Crippen LogP contribution in [-0.2, 0) is 0 Å². The molecule has 0 nitrogen and oxygen atoms in total. The molecule has 82 valence electrons. The van der Waals surface area contributed by atoms with Crippen LogP contribution in [0.4, 0.5) is 0 Å². The minimum absolute atomic E-state index is 0.121. The summed E-state index contributed by atoms with van der Waals surface area (Å²) >= 11 is 15.0. The van der Waals surface area contributed by atoms with Crippen LogP contribution < -0.4 is 0 Å². The van der Waals surface area contributed by atoms with E-state index >= 15 is 0 Å². The van der Waals surface area contributed by atoms with E-state index in [9.17, 15) is 0 Å². The predicted molar refractivity (Wildman–Crippen MR) is 67.7 cm³/mol. The molecule has 0 heterocycles. The monoisotopic (exact) mass is 350 g/mol. The van der Waals surface area contributed by atoms with Crippen LogP contribution in [0.25, 0.3) is 0 Å². The molecule has 0 saturated heterocycles. The number of alkyl halides is 3. The van der Waals surface area contributed by atoms with Gasteiger partial charge in [0.05, 0.1) is 4.87 Å². The lowest BCUT2D eigenvalue weighted by Crippen LogP contribution is -2.57. The third kappa shape index (κ3) is 0.669. The molecule has 0 aromatic carbocycles. The fourth-order valence-electron chi connectivity index (χ4n) is 6.53.